The van der Waals surface area contributed by atoms with Crippen LogP contribution in [-0.2, 0) is 6.42 Å². The smallest absolute Gasteiger partial charge is 0.268 e. The molecule has 0 fully saturated rings. The van der Waals surface area contributed by atoms with E-state index in [0.717, 1.165) is 0 Å². The van der Waals surface area contributed by atoms with Crippen molar-refractivity contribution in [2.75, 3.05) is 5.32 Å². The molecule has 0 radical (unpaired) electrons. The number of hydrogen-bond acceptors (Lipinski definition) is 9. The van der Waals surface area contributed by atoms with Gasteiger partial charge in [0.1, 0.15) is 0 Å². The molecule has 0 aliphatic rings. The summed E-state index contributed by atoms with van der Waals surface area (Å²) in [4.78, 5) is 7.96. The van der Waals surface area contributed by atoms with E-state index in [1.54, 1.807) is 0 Å². The van der Waals surface area contributed by atoms with E-state index in [2.05, 4.69) is 67.9 Å². The monoisotopic (exact) mass is 293 g/mol. The summed E-state index contributed by atoms with van der Waals surface area (Å²) in [5, 5.41) is 31.0. The van der Waals surface area contributed by atoms with Gasteiger partial charge in [-0.05, 0) is 11.8 Å². The summed E-state index contributed by atoms with van der Waals surface area (Å²) in [7, 11) is 0. The normalized spacial score (nSPS) is 9.91. The number of aromatic nitrogens is 10. The topological polar surface area (TPSA) is 147 Å². The number of terminal acetylenes is 2. The molecule has 0 unspecified atom stereocenters. The molecule has 3 N–H and O–H groups in total. The van der Waals surface area contributed by atoms with Crippen molar-refractivity contribution in [2.24, 2.45) is 0 Å². The molecular formula is C11H7N11. The molecule has 0 saturated heterocycles. The summed E-state index contributed by atoms with van der Waals surface area (Å²) in [5.74, 6) is 6.40. The van der Waals surface area contributed by atoms with E-state index in [9.17, 15) is 0 Å². The molecule has 3 heterocycles. The van der Waals surface area contributed by atoms with Gasteiger partial charge in [0.05, 0.1) is 6.42 Å². The van der Waals surface area contributed by atoms with Crippen LogP contribution in [0.3, 0.4) is 0 Å². The summed E-state index contributed by atoms with van der Waals surface area (Å²) in [6.07, 6.45) is 10.6. The molecule has 0 aliphatic carbocycles. The number of nitrogens with zero attached hydrogens (tertiary/aromatic N) is 8. The fourth-order valence-electron chi connectivity index (χ4n) is 1.43. The molecule has 11 nitrogen and oxygen atoms in total. The van der Waals surface area contributed by atoms with Crippen molar-refractivity contribution in [1.82, 2.24) is 50.8 Å². The van der Waals surface area contributed by atoms with Crippen LogP contribution in [0.5, 0.6) is 0 Å². The predicted molar refractivity (Wildman–Crippen MR) is 72.3 cm³/mol. The van der Waals surface area contributed by atoms with Gasteiger partial charge in [0.25, 0.3) is 5.95 Å². The highest BCUT2D eigenvalue weighted by molar-refractivity contribution is 5.41. The molecule has 0 amide bonds. The molecule has 22 heavy (non-hydrogen) atoms. The van der Waals surface area contributed by atoms with E-state index in [4.69, 9.17) is 12.8 Å². The van der Waals surface area contributed by atoms with Gasteiger partial charge in [-0.2, -0.15) is 10.1 Å². The highest BCUT2D eigenvalue weighted by atomic mass is 15.4. The van der Waals surface area contributed by atoms with Gasteiger partial charge in [-0.1, -0.05) is 0 Å². The van der Waals surface area contributed by atoms with Gasteiger partial charge in [0.2, 0.25) is 17.6 Å². The van der Waals surface area contributed by atoms with Crippen molar-refractivity contribution in [3.63, 3.8) is 0 Å². The standard InChI is InChI=1S/C11H7N11/c1-3-6-12-8(17-15-6)5-9-18-21-11(22-19-9)14-10-13-7(4-2)16-20-10/h1-2H,5H2,(H,12,15,17)(H2,13,14,16,20,21,22). The van der Waals surface area contributed by atoms with Crippen LogP contribution in [0, 0.1) is 24.7 Å². The molecule has 0 atom stereocenters. The zero-order chi connectivity index (χ0) is 15.4. The molecule has 3 aromatic heterocycles. The van der Waals surface area contributed by atoms with Crippen LogP contribution in [-0.4, -0.2) is 50.8 Å². The second-order valence-corrected chi connectivity index (χ2v) is 3.84. The second-order valence-electron chi connectivity index (χ2n) is 3.84. The maximum Gasteiger partial charge on any atom is 0.268 e. The fourth-order valence-corrected chi connectivity index (χ4v) is 1.43. The first kappa shape index (κ1) is 13.1. The molecular weight excluding hydrogens is 286 g/mol. The number of aromatic amines is 2. The van der Waals surface area contributed by atoms with Gasteiger partial charge >= 0.3 is 0 Å². The first-order valence-corrected chi connectivity index (χ1v) is 5.87. The Morgan fingerprint density at radius 2 is 1.50 bits per heavy atom. The van der Waals surface area contributed by atoms with Crippen LogP contribution >= 0.6 is 0 Å². The minimum atomic E-state index is 0.130. The third kappa shape index (κ3) is 2.83. The Labute approximate surface area is 123 Å². The van der Waals surface area contributed by atoms with Crippen molar-refractivity contribution in [2.45, 2.75) is 6.42 Å². The number of hydrogen-bond donors (Lipinski definition) is 3. The summed E-state index contributed by atoms with van der Waals surface area (Å²) >= 11 is 0. The molecule has 0 spiro atoms. The van der Waals surface area contributed by atoms with Crippen LogP contribution in [0.1, 0.15) is 23.3 Å². The lowest BCUT2D eigenvalue weighted by atomic mass is 10.4. The zero-order valence-electron chi connectivity index (χ0n) is 10.9. The molecule has 3 aromatic rings. The Bertz CT molecular complexity index is 787. The van der Waals surface area contributed by atoms with Gasteiger partial charge in [0.15, 0.2) is 11.6 Å². The summed E-state index contributed by atoms with van der Waals surface area (Å²) in [6.45, 7) is 0. The lowest BCUT2D eigenvalue weighted by Crippen LogP contribution is -2.07. The van der Waals surface area contributed by atoms with Crippen molar-refractivity contribution in [3.8, 4) is 24.7 Å². The molecule has 0 aliphatic heterocycles. The van der Waals surface area contributed by atoms with E-state index >= 15 is 0 Å². The highest BCUT2D eigenvalue weighted by Crippen LogP contribution is 2.05. The maximum atomic E-state index is 5.19. The van der Waals surface area contributed by atoms with Crippen molar-refractivity contribution in [3.05, 3.63) is 23.3 Å². The molecule has 3 rings (SSSR count). The minimum absolute atomic E-state index is 0.130. The summed E-state index contributed by atoms with van der Waals surface area (Å²) < 4.78 is 0. The van der Waals surface area contributed by atoms with E-state index in [-0.39, 0.29) is 24.1 Å². The first-order chi connectivity index (χ1) is 10.8. The van der Waals surface area contributed by atoms with Gasteiger partial charge in [0, 0.05) is 0 Å². The van der Waals surface area contributed by atoms with Crippen LogP contribution < -0.4 is 5.32 Å². The van der Waals surface area contributed by atoms with Crippen LogP contribution in [0.25, 0.3) is 0 Å². The number of anilines is 2. The van der Waals surface area contributed by atoms with E-state index < -0.39 is 0 Å². The minimum Gasteiger partial charge on any atom is -0.289 e. The van der Waals surface area contributed by atoms with Crippen LogP contribution in [0.15, 0.2) is 0 Å². The molecule has 0 bridgehead atoms. The van der Waals surface area contributed by atoms with Gasteiger partial charge < -0.3 is 0 Å². The first-order valence-electron chi connectivity index (χ1n) is 5.87. The van der Waals surface area contributed by atoms with Crippen molar-refractivity contribution >= 4 is 11.9 Å². The van der Waals surface area contributed by atoms with E-state index in [1.165, 1.54) is 0 Å². The highest BCUT2D eigenvalue weighted by Gasteiger charge is 2.08. The average molecular weight is 293 g/mol. The van der Waals surface area contributed by atoms with E-state index in [1.807, 2.05) is 0 Å². The van der Waals surface area contributed by atoms with Gasteiger partial charge in [-0.15, -0.1) is 38.3 Å². The molecule has 0 saturated carbocycles. The Morgan fingerprint density at radius 1 is 0.818 bits per heavy atom. The number of H-pyrrole nitrogens is 2. The Morgan fingerprint density at radius 3 is 2.14 bits per heavy atom. The molecule has 11 heteroatoms. The quantitative estimate of drug-likeness (QED) is 0.504. The number of nitrogens with one attached hydrogen (secondary N) is 3. The Balaban J connectivity index is 1.67. The largest absolute Gasteiger partial charge is 0.289 e. The van der Waals surface area contributed by atoms with Crippen LogP contribution in [0.4, 0.5) is 11.9 Å². The van der Waals surface area contributed by atoms with E-state index in [0.29, 0.717) is 17.5 Å². The predicted octanol–water partition coefficient (Wildman–Crippen LogP) is -1.20. The summed E-state index contributed by atoms with van der Waals surface area (Å²) in [5.41, 5.74) is 0. The Kier molecular flexibility index (Phi) is 3.37. The average Bonchev–Trinajstić information content (AvgIpc) is 3.18. The number of rotatable bonds is 4. The molecule has 106 valence electrons. The zero-order valence-corrected chi connectivity index (χ0v) is 10.9. The lowest BCUT2D eigenvalue weighted by molar-refractivity contribution is 0.768. The second kappa shape index (κ2) is 5.64. The third-order valence-electron chi connectivity index (χ3n) is 2.35. The lowest BCUT2D eigenvalue weighted by Gasteiger charge is -1.98. The van der Waals surface area contributed by atoms with Gasteiger partial charge in [-0.25, -0.2) is 4.98 Å². The van der Waals surface area contributed by atoms with Crippen molar-refractivity contribution < 1.29 is 0 Å². The fraction of sp³-hybridized carbons (Fsp3) is 0.0909. The Hall–Kier alpha value is -3.86. The van der Waals surface area contributed by atoms with Crippen LogP contribution in [0.2, 0.25) is 0 Å². The molecule has 0 aromatic carbocycles. The van der Waals surface area contributed by atoms with Gasteiger partial charge in [-0.3, -0.25) is 15.5 Å². The SMILES string of the molecule is C#Cc1nc(Cc2nnc(Nc3n[nH]c(C#C)n3)nn2)n[nH]1. The third-order valence-corrected chi connectivity index (χ3v) is 2.35. The van der Waals surface area contributed by atoms with Crippen molar-refractivity contribution in [1.29, 1.82) is 0 Å². The summed E-state index contributed by atoms with van der Waals surface area (Å²) in [6, 6.07) is 0. The maximum absolute atomic E-state index is 5.19.